The number of piperazine rings is 1. The molecule has 1 atom stereocenters. The van der Waals surface area contributed by atoms with Crippen molar-refractivity contribution in [3.63, 3.8) is 0 Å². The molecule has 24 heavy (non-hydrogen) atoms. The van der Waals surface area contributed by atoms with Crippen LogP contribution in [0.5, 0.6) is 0 Å². The smallest absolute Gasteiger partial charge is 0.254 e. The molecule has 4 rings (SSSR count). The fourth-order valence-corrected chi connectivity index (χ4v) is 4.22. The van der Waals surface area contributed by atoms with E-state index in [1.54, 1.807) is 0 Å². The predicted octanol–water partition coefficient (Wildman–Crippen LogP) is 3.20. The summed E-state index contributed by atoms with van der Waals surface area (Å²) in [5.41, 5.74) is 3.31. The third-order valence-corrected chi connectivity index (χ3v) is 5.45. The van der Waals surface area contributed by atoms with E-state index < -0.39 is 0 Å². The number of nitrogens with one attached hydrogen (secondary N) is 1. The van der Waals surface area contributed by atoms with Gasteiger partial charge in [-0.25, -0.2) is 0 Å². The summed E-state index contributed by atoms with van der Waals surface area (Å²) < 4.78 is 0. The maximum Gasteiger partial charge on any atom is 0.254 e. The predicted molar refractivity (Wildman–Crippen MR) is 103 cm³/mol. The van der Waals surface area contributed by atoms with E-state index in [2.05, 4.69) is 21.2 Å². The number of rotatable bonds is 1. The van der Waals surface area contributed by atoms with Gasteiger partial charge >= 0.3 is 0 Å². The van der Waals surface area contributed by atoms with Crippen molar-refractivity contribution in [2.45, 2.75) is 38.1 Å². The Labute approximate surface area is 156 Å². The van der Waals surface area contributed by atoms with E-state index in [0.29, 0.717) is 6.04 Å². The van der Waals surface area contributed by atoms with E-state index >= 15 is 0 Å². The second-order valence-electron chi connectivity index (χ2n) is 6.80. The summed E-state index contributed by atoms with van der Waals surface area (Å²) in [5, 5.41) is 3.43. The Bertz CT molecular complexity index is 581. The van der Waals surface area contributed by atoms with Crippen LogP contribution >= 0.6 is 24.8 Å². The van der Waals surface area contributed by atoms with Crippen LogP contribution in [0.15, 0.2) is 18.2 Å². The number of halogens is 2. The normalized spacial score (nSPS) is 23.0. The lowest BCUT2D eigenvalue weighted by Crippen LogP contribution is -2.56. The summed E-state index contributed by atoms with van der Waals surface area (Å²) in [6.45, 7) is 5.08. The van der Waals surface area contributed by atoms with Gasteiger partial charge in [-0.15, -0.1) is 24.8 Å². The first kappa shape index (κ1) is 19.4. The fourth-order valence-electron chi connectivity index (χ4n) is 4.22. The highest BCUT2D eigenvalue weighted by atomic mass is 35.5. The summed E-state index contributed by atoms with van der Waals surface area (Å²) >= 11 is 0. The minimum absolute atomic E-state index is 0. The Hall–Kier alpha value is -0.970. The maximum atomic E-state index is 13.0. The van der Waals surface area contributed by atoms with Crippen molar-refractivity contribution in [2.75, 3.05) is 38.0 Å². The summed E-state index contributed by atoms with van der Waals surface area (Å²) in [7, 11) is 0. The van der Waals surface area contributed by atoms with Crippen molar-refractivity contribution in [1.29, 1.82) is 0 Å². The van der Waals surface area contributed by atoms with Crippen LogP contribution in [0.1, 0.15) is 41.6 Å². The van der Waals surface area contributed by atoms with Gasteiger partial charge in [-0.1, -0.05) is 12.5 Å². The van der Waals surface area contributed by atoms with Crippen molar-refractivity contribution < 1.29 is 4.79 Å². The molecule has 1 aromatic rings. The highest BCUT2D eigenvalue weighted by Crippen LogP contribution is 2.28. The number of piperidine rings is 1. The monoisotopic (exact) mass is 371 g/mol. The van der Waals surface area contributed by atoms with Crippen LogP contribution in [-0.2, 0) is 6.42 Å². The number of carbonyl (C=O) groups excluding carboxylic acids is 1. The van der Waals surface area contributed by atoms with Gasteiger partial charge in [0, 0.05) is 43.5 Å². The van der Waals surface area contributed by atoms with Crippen LogP contribution in [0.3, 0.4) is 0 Å². The Morgan fingerprint density at radius 1 is 1.08 bits per heavy atom. The molecule has 0 radical (unpaired) electrons. The molecule has 1 amide bonds. The number of fused-ring (bicyclic) bond motifs is 2. The quantitative estimate of drug-likeness (QED) is 0.823. The van der Waals surface area contributed by atoms with Gasteiger partial charge in [0.05, 0.1) is 0 Å². The molecule has 0 spiro atoms. The first-order valence-electron chi connectivity index (χ1n) is 8.72. The molecule has 3 heterocycles. The molecule has 3 aliphatic rings. The van der Waals surface area contributed by atoms with Gasteiger partial charge in [0.25, 0.3) is 5.91 Å². The molecule has 0 aliphatic carbocycles. The molecule has 3 aliphatic heterocycles. The number of nitrogens with zero attached hydrogens (tertiary/aromatic N) is 2. The number of benzene rings is 1. The average molecular weight is 372 g/mol. The van der Waals surface area contributed by atoms with Crippen LogP contribution in [-0.4, -0.2) is 54.5 Å². The van der Waals surface area contributed by atoms with Crippen LogP contribution < -0.4 is 5.32 Å². The van der Waals surface area contributed by atoms with Crippen molar-refractivity contribution in [1.82, 2.24) is 9.80 Å². The molecule has 0 bridgehead atoms. The van der Waals surface area contributed by atoms with Gasteiger partial charge in [0.2, 0.25) is 0 Å². The van der Waals surface area contributed by atoms with Gasteiger partial charge in [-0.2, -0.15) is 0 Å². The number of amides is 1. The average Bonchev–Trinajstić information content (AvgIpc) is 2.60. The van der Waals surface area contributed by atoms with E-state index in [9.17, 15) is 4.79 Å². The molecule has 0 aromatic heterocycles. The minimum atomic E-state index is 0. The van der Waals surface area contributed by atoms with Crippen LogP contribution in [0, 0.1) is 0 Å². The van der Waals surface area contributed by atoms with E-state index in [1.165, 1.54) is 31.4 Å². The minimum Gasteiger partial charge on any atom is -0.385 e. The lowest BCUT2D eigenvalue weighted by molar-refractivity contribution is 0.0371. The molecule has 1 aromatic carbocycles. The van der Waals surface area contributed by atoms with E-state index in [1.807, 2.05) is 12.1 Å². The fraction of sp³-hybridized carbons (Fsp3) is 0.611. The molecule has 4 nitrogen and oxygen atoms in total. The van der Waals surface area contributed by atoms with Gasteiger partial charge in [0.15, 0.2) is 0 Å². The zero-order valence-corrected chi connectivity index (χ0v) is 15.6. The van der Waals surface area contributed by atoms with Gasteiger partial charge in [0.1, 0.15) is 0 Å². The highest BCUT2D eigenvalue weighted by Gasteiger charge is 2.32. The van der Waals surface area contributed by atoms with E-state index in [4.69, 9.17) is 0 Å². The van der Waals surface area contributed by atoms with E-state index in [-0.39, 0.29) is 30.7 Å². The molecule has 1 unspecified atom stereocenters. The molecule has 2 fully saturated rings. The topological polar surface area (TPSA) is 35.6 Å². The third kappa shape index (κ3) is 3.66. The molecule has 134 valence electrons. The molecule has 1 N–H and O–H groups in total. The summed E-state index contributed by atoms with van der Waals surface area (Å²) in [5.74, 6) is 0.241. The standard InChI is InChI=1S/C18H25N3O.2ClH/c22-18(16-6-3-8-17-15(16)7-4-9-19-17)21-12-11-20-10-2-1-5-14(20)13-21;;/h3,6,8,14,19H,1-2,4-5,7,9-13H2;2*1H. The maximum absolute atomic E-state index is 13.0. The SMILES string of the molecule is Cl.Cl.O=C(c1cccc2c1CCCN2)N1CCN2CCCCC2C1. The summed E-state index contributed by atoms with van der Waals surface area (Å²) in [6, 6.07) is 6.72. The second kappa shape index (κ2) is 8.41. The molecule has 6 heteroatoms. The van der Waals surface area contributed by atoms with Gasteiger partial charge < -0.3 is 10.2 Å². The Morgan fingerprint density at radius 2 is 1.96 bits per heavy atom. The molecular formula is C18H27Cl2N3O. The van der Waals surface area contributed by atoms with Gasteiger partial charge in [-0.05, 0) is 49.9 Å². The number of hydrogen-bond donors (Lipinski definition) is 1. The van der Waals surface area contributed by atoms with Crippen LogP contribution in [0.2, 0.25) is 0 Å². The Balaban J connectivity index is 0.00000104. The van der Waals surface area contributed by atoms with Gasteiger partial charge in [-0.3, -0.25) is 9.69 Å². The zero-order chi connectivity index (χ0) is 14.9. The summed E-state index contributed by atoms with van der Waals surface area (Å²) in [6.07, 6.45) is 6.02. The number of hydrogen-bond acceptors (Lipinski definition) is 3. The zero-order valence-electron chi connectivity index (χ0n) is 14.0. The lowest BCUT2D eigenvalue weighted by atomic mass is 9.95. The van der Waals surface area contributed by atoms with Crippen molar-refractivity contribution in [3.8, 4) is 0 Å². The van der Waals surface area contributed by atoms with Crippen molar-refractivity contribution in [2.24, 2.45) is 0 Å². The largest absolute Gasteiger partial charge is 0.385 e. The molecule has 0 saturated carbocycles. The Morgan fingerprint density at radius 3 is 2.83 bits per heavy atom. The van der Waals surface area contributed by atoms with Crippen LogP contribution in [0.4, 0.5) is 5.69 Å². The number of carbonyl (C=O) groups is 1. The van der Waals surface area contributed by atoms with E-state index in [0.717, 1.165) is 50.3 Å². The molecule has 2 saturated heterocycles. The first-order chi connectivity index (χ1) is 10.8. The lowest BCUT2D eigenvalue weighted by Gasteiger charge is -2.44. The molecular weight excluding hydrogens is 345 g/mol. The van der Waals surface area contributed by atoms with Crippen molar-refractivity contribution in [3.05, 3.63) is 29.3 Å². The van der Waals surface area contributed by atoms with Crippen LogP contribution in [0.25, 0.3) is 0 Å². The third-order valence-electron chi connectivity index (χ3n) is 5.45. The number of anilines is 1. The summed E-state index contributed by atoms with van der Waals surface area (Å²) in [4.78, 5) is 17.7. The Kier molecular flexibility index (Phi) is 6.79. The first-order valence-corrected chi connectivity index (χ1v) is 8.72. The van der Waals surface area contributed by atoms with Crippen molar-refractivity contribution >= 4 is 36.4 Å². The highest BCUT2D eigenvalue weighted by molar-refractivity contribution is 5.97. The second-order valence-corrected chi connectivity index (χ2v) is 6.80.